The summed E-state index contributed by atoms with van der Waals surface area (Å²) in [5.74, 6) is 0.432. The number of para-hydroxylation sites is 2. The average Bonchev–Trinajstić information content (AvgIpc) is 3.21. The number of ether oxygens (including phenoxy) is 1. The zero-order valence-corrected chi connectivity index (χ0v) is 19.5. The van der Waals surface area contributed by atoms with Crippen LogP contribution in [0, 0.1) is 6.92 Å². The smallest absolute Gasteiger partial charge is 0.321 e. The second-order valence-corrected chi connectivity index (χ2v) is 8.64. The zero-order chi connectivity index (χ0) is 23.4. The Morgan fingerprint density at radius 2 is 1.88 bits per heavy atom. The van der Waals surface area contributed by atoms with Crippen LogP contribution in [0.15, 0.2) is 60.7 Å². The third kappa shape index (κ3) is 5.24. The number of rotatable bonds is 6. The highest BCUT2D eigenvalue weighted by Crippen LogP contribution is 2.29. The molecule has 33 heavy (non-hydrogen) atoms. The van der Waals surface area contributed by atoms with Crippen LogP contribution in [0.2, 0.25) is 5.02 Å². The highest BCUT2D eigenvalue weighted by molar-refractivity contribution is 7.22. The monoisotopic (exact) mass is 480 g/mol. The zero-order valence-electron chi connectivity index (χ0n) is 17.9. The summed E-state index contributed by atoms with van der Waals surface area (Å²) >= 11 is 7.50. The van der Waals surface area contributed by atoms with E-state index in [1.807, 2.05) is 43.3 Å². The molecule has 3 N–H and O–H groups in total. The normalized spacial score (nSPS) is 10.6. The fourth-order valence-electron chi connectivity index (χ4n) is 3.26. The molecule has 0 aliphatic carbocycles. The molecule has 0 atom stereocenters. The minimum absolute atomic E-state index is 0.273. The van der Waals surface area contributed by atoms with Crippen molar-refractivity contribution in [2.75, 3.05) is 17.7 Å². The van der Waals surface area contributed by atoms with Gasteiger partial charge < -0.3 is 15.4 Å². The number of aromatic nitrogens is 1. The highest BCUT2D eigenvalue weighted by atomic mass is 35.5. The van der Waals surface area contributed by atoms with Crippen LogP contribution in [-0.4, -0.2) is 24.0 Å². The Bertz CT molecular complexity index is 1320. The molecule has 3 aromatic carbocycles. The third-order valence-electron chi connectivity index (χ3n) is 4.96. The van der Waals surface area contributed by atoms with Crippen molar-refractivity contribution in [2.24, 2.45) is 0 Å². The van der Waals surface area contributed by atoms with Gasteiger partial charge in [0.25, 0.3) is 5.91 Å². The second-order valence-electron chi connectivity index (χ2n) is 7.21. The van der Waals surface area contributed by atoms with Crippen LogP contribution in [0.3, 0.4) is 0 Å². The molecule has 0 aliphatic rings. The maximum Gasteiger partial charge on any atom is 0.321 e. The van der Waals surface area contributed by atoms with E-state index in [9.17, 15) is 9.59 Å². The lowest BCUT2D eigenvalue weighted by Gasteiger charge is -2.10. The average molecular weight is 481 g/mol. The molecule has 9 heteroatoms. The van der Waals surface area contributed by atoms with Crippen molar-refractivity contribution in [3.63, 3.8) is 0 Å². The number of carbonyl (C=O) groups excluding carboxylic acids is 2. The Morgan fingerprint density at radius 1 is 1.06 bits per heavy atom. The molecule has 3 amide bonds. The summed E-state index contributed by atoms with van der Waals surface area (Å²) in [6.07, 6.45) is 0. The topological polar surface area (TPSA) is 92.3 Å². The van der Waals surface area contributed by atoms with Crippen LogP contribution in [-0.2, 0) is 6.54 Å². The predicted molar refractivity (Wildman–Crippen MR) is 133 cm³/mol. The van der Waals surface area contributed by atoms with Crippen LogP contribution in [0.5, 0.6) is 5.75 Å². The standard InChI is InChI=1S/C24H21ClN4O3S/c1-14-6-5-8-17(25)21(14)28-22(30)15-10-11-18-20(12-15)33-24(27-18)29-23(31)26-13-16-7-3-4-9-19(16)32-2/h3-12H,13H2,1-2H3,(H,28,30)(H2,26,27,29,31). The molecule has 0 aliphatic heterocycles. The molecular formula is C24H21ClN4O3S. The minimum Gasteiger partial charge on any atom is -0.496 e. The number of fused-ring (bicyclic) bond motifs is 1. The number of halogens is 1. The summed E-state index contributed by atoms with van der Waals surface area (Å²) in [4.78, 5) is 29.5. The Kier molecular flexibility index (Phi) is 6.76. The van der Waals surface area contributed by atoms with E-state index in [-0.39, 0.29) is 11.9 Å². The van der Waals surface area contributed by atoms with E-state index >= 15 is 0 Å². The molecule has 4 rings (SSSR count). The van der Waals surface area contributed by atoms with Gasteiger partial charge in [-0.25, -0.2) is 9.78 Å². The Morgan fingerprint density at radius 3 is 2.67 bits per heavy atom. The molecule has 7 nitrogen and oxygen atoms in total. The van der Waals surface area contributed by atoms with Crippen molar-refractivity contribution < 1.29 is 14.3 Å². The van der Waals surface area contributed by atoms with Crippen molar-refractivity contribution in [3.05, 3.63) is 82.4 Å². The van der Waals surface area contributed by atoms with E-state index in [1.165, 1.54) is 11.3 Å². The number of methoxy groups -OCH3 is 1. The van der Waals surface area contributed by atoms with Gasteiger partial charge >= 0.3 is 6.03 Å². The van der Waals surface area contributed by atoms with Crippen molar-refractivity contribution >= 4 is 55.9 Å². The fraction of sp³-hybridized carbons (Fsp3) is 0.125. The van der Waals surface area contributed by atoms with Gasteiger partial charge in [0.2, 0.25) is 0 Å². The summed E-state index contributed by atoms with van der Waals surface area (Å²) in [7, 11) is 1.59. The SMILES string of the molecule is COc1ccccc1CNC(=O)Nc1nc2ccc(C(=O)Nc3c(C)cccc3Cl)cc2s1. The van der Waals surface area contributed by atoms with E-state index in [4.69, 9.17) is 16.3 Å². The predicted octanol–water partition coefficient (Wildman–Crippen LogP) is 5.84. The minimum atomic E-state index is -0.382. The van der Waals surface area contributed by atoms with Gasteiger partial charge in [-0.05, 0) is 42.8 Å². The molecule has 0 bridgehead atoms. The van der Waals surface area contributed by atoms with E-state index in [2.05, 4.69) is 20.9 Å². The first-order valence-corrected chi connectivity index (χ1v) is 11.3. The molecule has 0 fully saturated rings. The molecule has 0 saturated heterocycles. The number of hydrogen-bond donors (Lipinski definition) is 3. The summed E-state index contributed by atoms with van der Waals surface area (Å²) in [5.41, 5.74) is 3.48. The molecule has 0 spiro atoms. The van der Waals surface area contributed by atoms with Crippen LogP contribution >= 0.6 is 22.9 Å². The lowest BCUT2D eigenvalue weighted by molar-refractivity contribution is 0.102. The molecule has 0 unspecified atom stereocenters. The summed E-state index contributed by atoms with van der Waals surface area (Å²) in [6, 6.07) is 17.7. The number of nitrogens with one attached hydrogen (secondary N) is 3. The van der Waals surface area contributed by atoms with Gasteiger partial charge in [0.15, 0.2) is 5.13 Å². The van der Waals surface area contributed by atoms with Gasteiger partial charge in [0, 0.05) is 17.7 Å². The number of benzene rings is 3. The van der Waals surface area contributed by atoms with Crippen molar-refractivity contribution in [2.45, 2.75) is 13.5 Å². The molecule has 1 heterocycles. The maximum atomic E-state index is 12.7. The van der Waals surface area contributed by atoms with Crippen molar-refractivity contribution in [1.82, 2.24) is 10.3 Å². The molecule has 168 valence electrons. The highest BCUT2D eigenvalue weighted by Gasteiger charge is 2.14. The number of carbonyl (C=O) groups is 2. The quantitative estimate of drug-likeness (QED) is 0.323. The number of anilines is 2. The molecule has 0 radical (unpaired) electrons. The third-order valence-corrected chi connectivity index (χ3v) is 6.21. The molecule has 0 saturated carbocycles. The lowest BCUT2D eigenvalue weighted by Crippen LogP contribution is -2.28. The number of thiazole rings is 1. The van der Waals surface area contributed by atoms with Gasteiger partial charge in [-0.15, -0.1) is 0 Å². The number of aryl methyl sites for hydroxylation is 1. The van der Waals surface area contributed by atoms with E-state index in [0.717, 1.165) is 15.8 Å². The van der Waals surface area contributed by atoms with Gasteiger partial charge in [-0.3, -0.25) is 10.1 Å². The van der Waals surface area contributed by atoms with Crippen LogP contribution < -0.4 is 20.7 Å². The van der Waals surface area contributed by atoms with Crippen LogP contribution in [0.4, 0.5) is 15.6 Å². The van der Waals surface area contributed by atoms with Crippen molar-refractivity contribution in [3.8, 4) is 5.75 Å². The summed E-state index contributed by atoms with van der Waals surface area (Å²) in [5, 5.41) is 9.31. The lowest BCUT2D eigenvalue weighted by atomic mass is 10.1. The number of urea groups is 1. The van der Waals surface area contributed by atoms with Crippen LogP contribution in [0.1, 0.15) is 21.5 Å². The summed E-state index contributed by atoms with van der Waals surface area (Å²) < 4.78 is 6.07. The molecule has 4 aromatic rings. The van der Waals surface area contributed by atoms with Gasteiger partial charge in [0.1, 0.15) is 5.75 Å². The number of amides is 3. The first-order chi connectivity index (χ1) is 15.9. The Labute approximate surface area is 199 Å². The fourth-order valence-corrected chi connectivity index (χ4v) is 4.43. The Hall–Kier alpha value is -3.62. The van der Waals surface area contributed by atoms with E-state index in [0.29, 0.717) is 39.2 Å². The summed E-state index contributed by atoms with van der Waals surface area (Å²) in [6.45, 7) is 2.19. The maximum absolute atomic E-state index is 12.7. The van der Waals surface area contributed by atoms with E-state index < -0.39 is 0 Å². The molecular weight excluding hydrogens is 460 g/mol. The number of nitrogens with zero attached hydrogens (tertiary/aromatic N) is 1. The van der Waals surface area contributed by atoms with Crippen molar-refractivity contribution in [1.29, 1.82) is 0 Å². The largest absolute Gasteiger partial charge is 0.496 e. The number of hydrogen-bond acceptors (Lipinski definition) is 5. The second kappa shape index (κ2) is 9.89. The Balaban J connectivity index is 1.43. The van der Waals surface area contributed by atoms with Gasteiger partial charge in [0.05, 0.1) is 28.0 Å². The molecule has 1 aromatic heterocycles. The van der Waals surface area contributed by atoms with E-state index in [1.54, 1.807) is 31.4 Å². The van der Waals surface area contributed by atoms with Gasteiger partial charge in [-0.2, -0.15) is 0 Å². The van der Waals surface area contributed by atoms with Gasteiger partial charge in [-0.1, -0.05) is 53.3 Å². The van der Waals surface area contributed by atoms with Crippen LogP contribution in [0.25, 0.3) is 10.2 Å². The first kappa shape index (κ1) is 22.6. The first-order valence-electron chi connectivity index (χ1n) is 10.1.